The van der Waals surface area contributed by atoms with E-state index in [4.69, 9.17) is 11.6 Å². The molecule has 2 heterocycles. The number of nitrogens with one attached hydrogen (secondary N) is 2. The summed E-state index contributed by atoms with van der Waals surface area (Å²) in [4.78, 5) is 25.5. The van der Waals surface area contributed by atoms with Crippen LogP contribution in [0.1, 0.15) is 5.56 Å². The molecule has 2 aromatic carbocycles. The molecule has 154 valence electrons. The van der Waals surface area contributed by atoms with Gasteiger partial charge in [0.2, 0.25) is 0 Å². The Kier molecular flexibility index (Phi) is 5.99. The first-order valence-corrected chi connectivity index (χ1v) is 10.2. The van der Waals surface area contributed by atoms with Crippen molar-refractivity contribution in [2.24, 2.45) is 0 Å². The van der Waals surface area contributed by atoms with Gasteiger partial charge in [-0.05, 0) is 36.8 Å². The summed E-state index contributed by atoms with van der Waals surface area (Å²) in [6, 6.07) is 17.2. The normalized spacial score (nSPS) is 13.8. The monoisotopic (exact) mass is 422 g/mol. The highest BCUT2D eigenvalue weighted by Crippen LogP contribution is 2.23. The Morgan fingerprint density at radius 2 is 1.67 bits per heavy atom. The fourth-order valence-electron chi connectivity index (χ4n) is 3.43. The minimum atomic E-state index is -0.376. The quantitative estimate of drug-likeness (QED) is 0.651. The molecule has 2 amide bonds. The van der Waals surface area contributed by atoms with Crippen LogP contribution >= 0.6 is 11.6 Å². The Hall–Kier alpha value is -3.32. The highest BCUT2D eigenvalue weighted by molar-refractivity contribution is 6.31. The van der Waals surface area contributed by atoms with E-state index >= 15 is 0 Å². The summed E-state index contributed by atoms with van der Waals surface area (Å²) in [6.45, 7) is 5.37. The summed E-state index contributed by atoms with van der Waals surface area (Å²) in [5.74, 6) is 1.25. The molecule has 0 saturated carbocycles. The summed E-state index contributed by atoms with van der Waals surface area (Å²) in [5, 5.41) is 6.18. The Bertz CT molecular complexity index is 1020. The van der Waals surface area contributed by atoms with Crippen molar-refractivity contribution in [2.45, 2.75) is 6.92 Å². The predicted octanol–water partition coefficient (Wildman–Crippen LogP) is 4.41. The SMILES string of the molecule is Cc1c(Cl)cccc1NC(=O)Nc1cc(N2CCN(c3ccccc3)CC2)ncn1. The van der Waals surface area contributed by atoms with Crippen molar-refractivity contribution in [1.29, 1.82) is 0 Å². The minimum absolute atomic E-state index is 0.376. The van der Waals surface area contributed by atoms with Crippen molar-refractivity contribution in [3.05, 3.63) is 71.5 Å². The van der Waals surface area contributed by atoms with Crippen LogP contribution in [-0.2, 0) is 0 Å². The van der Waals surface area contributed by atoms with E-state index in [0.29, 0.717) is 16.5 Å². The van der Waals surface area contributed by atoms with Crippen LogP contribution in [0, 0.1) is 6.92 Å². The number of carbonyl (C=O) groups is 1. The predicted molar refractivity (Wildman–Crippen MR) is 122 cm³/mol. The van der Waals surface area contributed by atoms with Crippen molar-refractivity contribution in [3.8, 4) is 0 Å². The van der Waals surface area contributed by atoms with E-state index in [1.807, 2.05) is 13.0 Å². The topological polar surface area (TPSA) is 73.4 Å². The maximum atomic E-state index is 12.4. The lowest BCUT2D eigenvalue weighted by Gasteiger charge is -2.36. The van der Waals surface area contributed by atoms with E-state index in [1.165, 1.54) is 12.0 Å². The third kappa shape index (κ3) is 4.63. The molecule has 0 spiro atoms. The Morgan fingerprint density at radius 1 is 0.933 bits per heavy atom. The number of anilines is 4. The molecule has 3 aromatic rings. The van der Waals surface area contributed by atoms with E-state index in [2.05, 4.69) is 54.7 Å². The van der Waals surface area contributed by atoms with Crippen molar-refractivity contribution in [1.82, 2.24) is 9.97 Å². The molecule has 1 aliphatic heterocycles. The largest absolute Gasteiger partial charge is 0.368 e. The molecule has 8 heteroatoms. The first kappa shape index (κ1) is 20.0. The second kappa shape index (κ2) is 9.00. The van der Waals surface area contributed by atoms with Gasteiger partial charge in [-0.15, -0.1) is 0 Å². The van der Waals surface area contributed by atoms with Gasteiger partial charge in [-0.3, -0.25) is 5.32 Å². The number of piperazine rings is 1. The second-order valence-corrected chi connectivity index (χ2v) is 7.47. The van der Waals surface area contributed by atoms with Crippen LogP contribution in [-0.4, -0.2) is 42.2 Å². The highest BCUT2D eigenvalue weighted by Gasteiger charge is 2.19. The fourth-order valence-corrected chi connectivity index (χ4v) is 3.61. The zero-order chi connectivity index (χ0) is 20.9. The van der Waals surface area contributed by atoms with Crippen molar-refractivity contribution < 1.29 is 4.79 Å². The van der Waals surface area contributed by atoms with E-state index in [9.17, 15) is 4.79 Å². The third-order valence-electron chi connectivity index (χ3n) is 5.14. The number of benzene rings is 2. The summed E-state index contributed by atoms with van der Waals surface area (Å²) >= 11 is 6.11. The first-order chi connectivity index (χ1) is 14.6. The van der Waals surface area contributed by atoms with Crippen molar-refractivity contribution >= 4 is 40.6 Å². The number of para-hydroxylation sites is 1. The lowest BCUT2D eigenvalue weighted by atomic mass is 10.2. The average Bonchev–Trinajstić information content (AvgIpc) is 2.78. The molecule has 0 atom stereocenters. The van der Waals surface area contributed by atoms with Gasteiger partial charge < -0.3 is 15.1 Å². The molecular formula is C22H23ClN6O. The average molecular weight is 423 g/mol. The molecule has 0 aliphatic carbocycles. The van der Waals surface area contributed by atoms with Crippen LogP contribution in [0.4, 0.5) is 27.8 Å². The molecule has 1 fully saturated rings. The van der Waals surface area contributed by atoms with Gasteiger partial charge in [-0.1, -0.05) is 35.9 Å². The summed E-state index contributed by atoms with van der Waals surface area (Å²) in [7, 11) is 0. The van der Waals surface area contributed by atoms with Crippen molar-refractivity contribution in [2.75, 3.05) is 46.6 Å². The smallest absolute Gasteiger partial charge is 0.324 e. The highest BCUT2D eigenvalue weighted by atomic mass is 35.5. The van der Waals surface area contributed by atoms with E-state index < -0.39 is 0 Å². The van der Waals surface area contributed by atoms with Crippen LogP contribution in [0.25, 0.3) is 0 Å². The lowest BCUT2D eigenvalue weighted by Crippen LogP contribution is -2.46. The standard InChI is InChI=1S/C22H23ClN6O/c1-16-18(23)8-5-9-19(16)26-22(30)27-20-14-21(25-15-24-20)29-12-10-28(11-13-29)17-6-3-2-4-7-17/h2-9,14-15H,10-13H2,1H3,(H2,24,25,26,27,30). The molecule has 30 heavy (non-hydrogen) atoms. The van der Waals surface area contributed by atoms with Gasteiger partial charge in [0, 0.05) is 48.6 Å². The van der Waals surface area contributed by atoms with Gasteiger partial charge in [0.1, 0.15) is 18.0 Å². The number of halogens is 1. The molecule has 0 radical (unpaired) electrons. The number of carbonyl (C=O) groups excluding carboxylic acids is 1. The molecule has 1 aromatic heterocycles. The van der Waals surface area contributed by atoms with Gasteiger partial charge in [0.25, 0.3) is 0 Å². The number of rotatable bonds is 4. The van der Waals surface area contributed by atoms with Gasteiger partial charge in [0.05, 0.1) is 0 Å². The van der Waals surface area contributed by atoms with E-state index in [-0.39, 0.29) is 6.03 Å². The van der Waals surface area contributed by atoms with Crippen LogP contribution in [0.15, 0.2) is 60.9 Å². The van der Waals surface area contributed by atoms with Gasteiger partial charge in [-0.2, -0.15) is 0 Å². The molecule has 1 aliphatic rings. The molecule has 2 N–H and O–H groups in total. The maximum Gasteiger partial charge on any atom is 0.324 e. The minimum Gasteiger partial charge on any atom is -0.368 e. The fraction of sp³-hybridized carbons (Fsp3) is 0.227. The van der Waals surface area contributed by atoms with E-state index in [1.54, 1.807) is 24.3 Å². The number of nitrogens with zero attached hydrogens (tertiary/aromatic N) is 4. The van der Waals surface area contributed by atoms with Crippen LogP contribution in [0.2, 0.25) is 5.02 Å². The molecule has 7 nitrogen and oxygen atoms in total. The second-order valence-electron chi connectivity index (χ2n) is 7.06. The van der Waals surface area contributed by atoms with Gasteiger partial charge in [0.15, 0.2) is 0 Å². The maximum absolute atomic E-state index is 12.4. The molecule has 1 saturated heterocycles. The summed E-state index contributed by atoms with van der Waals surface area (Å²) < 4.78 is 0. The van der Waals surface area contributed by atoms with Crippen molar-refractivity contribution in [3.63, 3.8) is 0 Å². The molecule has 4 rings (SSSR count). The number of aromatic nitrogens is 2. The lowest BCUT2D eigenvalue weighted by molar-refractivity contribution is 0.262. The zero-order valence-electron chi connectivity index (χ0n) is 16.7. The number of amides is 2. The Morgan fingerprint density at radius 3 is 2.43 bits per heavy atom. The summed E-state index contributed by atoms with van der Waals surface area (Å²) in [5.41, 5.74) is 2.70. The molecule has 0 unspecified atom stereocenters. The zero-order valence-corrected chi connectivity index (χ0v) is 17.4. The van der Waals surface area contributed by atoms with Crippen LogP contribution < -0.4 is 20.4 Å². The number of urea groups is 1. The van der Waals surface area contributed by atoms with Gasteiger partial charge >= 0.3 is 6.03 Å². The van der Waals surface area contributed by atoms with Crippen LogP contribution in [0.5, 0.6) is 0 Å². The number of hydrogen-bond acceptors (Lipinski definition) is 5. The molecular weight excluding hydrogens is 400 g/mol. The van der Waals surface area contributed by atoms with Gasteiger partial charge in [-0.25, -0.2) is 14.8 Å². The van der Waals surface area contributed by atoms with Crippen LogP contribution in [0.3, 0.4) is 0 Å². The number of hydrogen-bond donors (Lipinski definition) is 2. The molecule has 0 bridgehead atoms. The summed E-state index contributed by atoms with van der Waals surface area (Å²) in [6.07, 6.45) is 1.47. The Labute approximate surface area is 180 Å². The third-order valence-corrected chi connectivity index (χ3v) is 5.54. The Balaban J connectivity index is 1.37. The first-order valence-electron chi connectivity index (χ1n) is 9.80. The van der Waals surface area contributed by atoms with E-state index in [0.717, 1.165) is 37.6 Å².